The Morgan fingerprint density at radius 1 is 0.955 bits per heavy atom. The largest absolute Gasteiger partial charge is 0.508 e. The van der Waals surface area contributed by atoms with Crippen LogP contribution in [0.4, 0.5) is 5.69 Å². The highest BCUT2D eigenvalue weighted by molar-refractivity contribution is 5.96. The van der Waals surface area contributed by atoms with Gasteiger partial charge in [-0.1, -0.05) is 56.4 Å². The van der Waals surface area contributed by atoms with Crippen molar-refractivity contribution in [1.29, 1.82) is 0 Å². The number of phenols is 1. The second kappa shape index (κ2) is 15.1. The molecule has 3 aromatic carbocycles. The minimum atomic E-state index is -0.971. The molecule has 44 heavy (non-hydrogen) atoms. The third kappa shape index (κ3) is 8.98. The number of carbonyl (C=O) groups excluding carboxylic acids is 1. The standard InChI is InChI=1S/C38H45NO5/c1-27(8-21-38(42)43)44-35-7-3-6-30(24-35)12-11-28-4-2-5-29(10-9-28)15-20-37(41)33-16-19-36-32(25-33)22-23-39(36)26-31-13-17-34(40)18-14-31/h3,6-8,13-14,16-19,21,24-25,27-29,40H,2,4-5,9-12,15,20,22-23,26H2,1H3,(H,42,43)/b21-8+. The molecule has 1 fully saturated rings. The van der Waals surface area contributed by atoms with Crippen molar-refractivity contribution in [2.45, 2.75) is 83.8 Å². The van der Waals surface area contributed by atoms with Crippen LogP contribution >= 0.6 is 0 Å². The van der Waals surface area contributed by atoms with E-state index in [1.54, 1.807) is 18.2 Å². The second-order valence-corrected chi connectivity index (χ2v) is 12.6. The van der Waals surface area contributed by atoms with Crippen molar-refractivity contribution in [1.82, 2.24) is 0 Å². The van der Waals surface area contributed by atoms with Gasteiger partial charge in [0.1, 0.15) is 17.6 Å². The molecule has 6 nitrogen and oxygen atoms in total. The summed E-state index contributed by atoms with van der Waals surface area (Å²) in [6.45, 7) is 3.58. The summed E-state index contributed by atoms with van der Waals surface area (Å²) < 4.78 is 5.87. The molecule has 0 saturated heterocycles. The van der Waals surface area contributed by atoms with Crippen LogP contribution in [0, 0.1) is 11.8 Å². The summed E-state index contributed by atoms with van der Waals surface area (Å²) in [7, 11) is 0. The number of nitrogens with zero attached hydrogens (tertiary/aromatic N) is 1. The number of benzene rings is 3. The van der Waals surface area contributed by atoms with Crippen LogP contribution in [-0.2, 0) is 24.2 Å². The molecule has 2 aliphatic rings. The van der Waals surface area contributed by atoms with Gasteiger partial charge in [-0.2, -0.15) is 0 Å². The zero-order chi connectivity index (χ0) is 30.9. The van der Waals surface area contributed by atoms with E-state index in [0.29, 0.717) is 18.3 Å². The maximum absolute atomic E-state index is 13.2. The van der Waals surface area contributed by atoms with Crippen molar-refractivity contribution >= 4 is 17.4 Å². The van der Waals surface area contributed by atoms with Crippen molar-refractivity contribution in [3.63, 3.8) is 0 Å². The Hall–Kier alpha value is -4.06. The molecule has 3 aromatic rings. The minimum Gasteiger partial charge on any atom is -0.508 e. The number of anilines is 1. The number of hydrogen-bond donors (Lipinski definition) is 2. The third-order valence-electron chi connectivity index (χ3n) is 9.26. The van der Waals surface area contributed by atoms with E-state index < -0.39 is 5.97 Å². The lowest BCUT2D eigenvalue weighted by molar-refractivity contribution is -0.131. The van der Waals surface area contributed by atoms with Gasteiger partial charge in [-0.15, -0.1) is 0 Å². The van der Waals surface area contributed by atoms with Gasteiger partial charge in [0.05, 0.1) is 0 Å². The Kier molecular flexibility index (Phi) is 10.8. The lowest BCUT2D eigenvalue weighted by Crippen LogP contribution is -2.19. The molecule has 6 heteroatoms. The van der Waals surface area contributed by atoms with E-state index in [4.69, 9.17) is 9.84 Å². The van der Waals surface area contributed by atoms with Crippen LogP contribution in [0.25, 0.3) is 0 Å². The number of fused-ring (bicyclic) bond motifs is 1. The summed E-state index contributed by atoms with van der Waals surface area (Å²) in [5, 5.41) is 18.4. The average Bonchev–Trinajstić information content (AvgIpc) is 3.27. The minimum absolute atomic E-state index is 0.264. The summed E-state index contributed by atoms with van der Waals surface area (Å²) in [4.78, 5) is 26.3. The van der Waals surface area contributed by atoms with E-state index in [1.807, 2.05) is 37.3 Å². The van der Waals surface area contributed by atoms with Crippen molar-refractivity contribution in [2.24, 2.45) is 11.8 Å². The first-order chi connectivity index (χ1) is 21.3. The van der Waals surface area contributed by atoms with E-state index in [-0.39, 0.29) is 17.6 Å². The average molecular weight is 596 g/mol. The molecular formula is C38H45NO5. The number of hydrogen-bond acceptors (Lipinski definition) is 5. The number of aromatic hydroxyl groups is 1. The molecule has 5 rings (SSSR count). The van der Waals surface area contributed by atoms with Gasteiger partial charge >= 0.3 is 5.97 Å². The van der Waals surface area contributed by atoms with Crippen LogP contribution in [0.5, 0.6) is 11.5 Å². The summed E-state index contributed by atoms with van der Waals surface area (Å²) in [5.41, 5.74) is 5.74. The van der Waals surface area contributed by atoms with Gasteiger partial charge in [-0.25, -0.2) is 4.79 Å². The van der Waals surface area contributed by atoms with Crippen molar-refractivity contribution in [3.8, 4) is 11.5 Å². The molecule has 1 aliphatic heterocycles. The molecule has 0 aromatic heterocycles. The molecule has 3 atom stereocenters. The van der Waals surface area contributed by atoms with Gasteiger partial charge in [-0.3, -0.25) is 4.79 Å². The van der Waals surface area contributed by atoms with Crippen LogP contribution < -0.4 is 9.64 Å². The number of Topliss-reactive ketones (excluding diaryl/α,β-unsaturated/α-hetero) is 1. The zero-order valence-corrected chi connectivity index (χ0v) is 25.8. The first kappa shape index (κ1) is 31.4. The van der Waals surface area contributed by atoms with Crippen molar-refractivity contribution < 1.29 is 24.5 Å². The molecular weight excluding hydrogens is 550 g/mol. The van der Waals surface area contributed by atoms with Crippen LogP contribution in [0.3, 0.4) is 0 Å². The number of rotatable bonds is 13. The summed E-state index contributed by atoms with van der Waals surface area (Å²) in [5.74, 6) is 1.68. The lowest BCUT2D eigenvalue weighted by atomic mass is 9.90. The SMILES string of the molecule is CC(/C=C/C(=O)O)Oc1cccc(CCC2CCCC(CCC(=O)c3ccc4c(c3)CCN4Cc3ccc(O)cc3)CC2)c1. The Labute approximate surface area is 261 Å². The van der Waals surface area contributed by atoms with Crippen molar-refractivity contribution in [3.05, 3.63) is 101 Å². The molecule has 0 amide bonds. The number of ether oxygens (including phenoxy) is 1. The number of carbonyl (C=O) groups is 2. The maximum Gasteiger partial charge on any atom is 0.328 e. The Bertz CT molecular complexity index is 1450. The molecule has 0 bridgehead atoms. The van der Waals surface area contributed by atoms with Crippen molar-refractivity contribution in [2.75, 3.05) is 11.4 Å². The number of ketones is 1. The van der Waals surface area contributed by atoms with Crippen LogP contribution in [-0.4, -0.2) is 34.6 Å². The molecule has 3 unspecified atom stereocenters. The quantitative estimate of drug-likeness (QED) is 0.118. The molecule has 1 saturated carbocycles. The van der Waals surface area contributed by atoms with E-state index >= 15 is 0 Å². The van der Waals surface area contributed by atoms with E-state index in [1.165, 1.54) is 54.5 Å². The highest BCUT2D eigenvalue weighted by Gasteiger charge is 2.23. The first-order valence-corrected chi connectivity index (χ1v) is 16.2. The third-order valence-corrected chi connectivity index (χ3v) is 9.26. The normalized spacial score (nSPS) is 19.0. The fourth-order valence-corrected chi connectivity index (χ4v) is 6.76. The number of carboxylic acids is 1. The highest BCUT2D eigenvalue weighted by atomic mass is 16.5. The van der Waals surface area contributed by atoms with Crippen LogP contribution in [0.2, 0.25) is 0 Å². The predicted molar refractivity (Wildman–Crippen MR) is 175 cm³/mol. The molecule has 0 radical (unpaired) electrons. The molecule has 232 valence electrons. The summed E-state index contributed by atoms with van der Waals surface area (Å²) >= 11 is 0. The summed E-state index contributed by atoms with van der Waals surface area (Å²) in [6.07, 6.45) is 13.2. The van der Waals surface area contributed by atoms with Gasteiger partial charge in [0.25, 0.3) is 0 Å². The Balaban J connectivity index is 1.05. The second-order valence-electron chi connectivity index (χ2n) is 12.6. The van der Waals surface area contributed by atoms with E-state index in [9.17, 15) is 14.7 Å². The van der Waals surface area contributed by atoms with Gasteiger partial charge < -0.3 is 19.8 Å². The molecule has 1 heterocycles. The number of aliphatic carboxylic acids is 1. The van der Waals surface area contributed by atoms with Gasteiger partial charge in [-0.05, 0) is 110 Å². The van der Waals surface area contributed by atoms with Crippen LogP contribution in [0.15, 0.2) is 78.9 Å². The van der Waals surface area contributed by atoms with Gasteiger partial charge in [0.15, 0.2) is 5.78 Å². The van der Waals surface area contributed by atoms with Gasteiger partial charge in [0.2, 0.25) is 0 Å². The van der Waals surface area contributed by atoms with Gasteiger partial charge in [0, 0.05) is 36.8 Å². The first-order valence-electron chi connectivity index (χ1n) is 16.2. The topological polar surface area (TPSA) is 87.1 Å². The maximum atomic E-state index is 13.2. The van der Waals surface area contributed by atoms with E-state index in [0.717, 1.165) is 56.2 Å². The predicted octanol–water partition coefficient (Wildman–Crippen LogP) is 8.16. The molecule has 0 spiro atoms. The summed E-state index contributed by atoms with van der Waals surface area (Å²) in [6, 6.07) is 21.8. The fraction of sp³-hybridized carbons (Fsp3) is 0.421. The monoisotopic (exact) mass is 595 g/mol. The smallest absolute Gasteiger partial charge is 0.328 e. The zero-order valence-electron chi connectivity index (χ0n) is 25.8. The Morgan fingerprint density at radius 3 is 2.50 bits per heavy atom. The fourth-order valence-electron chi connectivity index (χ4n) is 6.76. The lowest BCUT2D eigenvalue weighted by Gasteiger charge is -2.20. The number of carboxylic acid groups (broad SMARTS) is 1. The molecule has 2 N–H and O–H groups in total. The number of phenolic OH excluding ortho intramolecular Hbond substituents is 1. The Morgan fingerprint density at radius 2 is 1.73 bits per heavy atom. The highest BCUT2D eigenvalue weighted by Crippen LogP contribution is 2.34. The van der Waals surface area contributed by atoms with Crippen LogP contribution in [0.1, 0.15) is 85.3 Å². The molecule has 1 aliphatic carbocycles. The number of aryl methyl sites for hydroxylation is 1. The van der Waals surface area contributed by atoms with E-state index in [2.05, 4.69) is 29.2 Å².